The van der Waals surface area contributed by atoms with Crippen molar-refractivity contribution < 1.29 is 14.5 Å². The van der Waals surface area contributed by atoms with Crippen molar-refractivity contribution in [2.24, 2.45) is 0 Å². The molecule has 104 valence electrons. The number of ether oxygens (including phenoxy) is 1. The zero-order chi connectivity index (χ0) is 14.3. The predicted octanol–water partition coefficient (Wildman–Crippen LogP) is -0.0908. The van der Waals surface area contributed by atoms with E-state index in [9.17, 15) is 19.7 Å². The van der Waals surface area contributed by atoms with E-state index in [1.165, 1.54) is 0 Å². The molecule has 19 heavy (non-hydrogen) atoms. The molecule has 1 amide bonds. The van der Waals surface area contributed by atoms with Crippen LogP contribution in [0.4, 0.5) is 5.69 Å². The van der Waals surface area contributed by atoms with E-state index in [1.54, 1.807) is 7.11 Å². The van der Waals surface area contributed by atoms with Crippen LogP contribution in [0.15, 0.2) is 23.1 Å². The lowest BCUT2D eigenvalue weighted by molar-refractivity contribution is -0.385. The standard InChI is InChI=1S/C11H15N3O5/c1-19-6-2-5-12-10(15)8-13-7-9(14(17)18)3-4-11(13)16/h3-4,7H,2,5-6,8H2,1H3,(H,12,15). The van der Waals surface area contributed by atoms with Gasteiger partial charge in [0.2, 0.25) is 5.91 Å². The van der Waals surface area contributed by atoms with E-state index in [-0.39, 0.29) is 18.1 Å². The molecule has 0 fully saturated rings. The van der Waals surface area contributed by atoms with Crippen LogP contribution < -0.4 is 10.9 Å². The van der Waals surface area contributed by atoms with Gasteiger partial charge in [-0.2, -0.15) is 0 Å². The first kappa shape index (κ1) is 14.8. The first-order valence-corrected chi connectivity index (χ1v) is 5.65. The SMILES string of the molecule is COCCCNC(=O)Cn1cc([N+](=O)[O-])ccc1=O. The summed E-state index contributed by atoms with van der Waals surface area (Å²) in [7, 11) is 1.56. The number of pyridine rings is 1. The van der Waals surface area contributed by atoms with Crippen LogP contribution in [0.25, 0.3) is 0 Å². The van der Waals surface area contributed by atoms with Crippen LogP contribution >= 0.6 is 0 Å². The molecule has 1 rings (SSSR count). The molecule has 0 saturated carbocycles. The number of rotatable bonds is 7. The maximum atomic E-state index is 11.5. The second kappa shape index (κ2) is 7.27. The van der Waals surface area contributed by atoms with E-state index in [4.69, 9.17) is 4.74 Å². The average molecular weight is 269 g/mol. The molecular weight excluding hydrogens is 254 g/mol. The molecule has 0 aliphatic heterocycles. The highest BCUT2D eigenvalue weighted by atomic mass is 16.6. The van der Waals surface area contributed by atoms with Crippen LogP contribution in [0.5, 0.6) is 0 Å². The summed E-state index contributed by atoms with van der Waals surface area (Å²) in [5, 5.41) is 13.2. The lowest BCUT2D eigenvalue weighted by Crippen LogP contribution is -2.32. The fourth-order valence-electron chi connectivity index (χ4n) is 1.41. The number of carbonyl (C=O) groups is 1. The van der Waals surface area contributed by atoms with Gasteiger partial charge in [-0.25, -0.2) is 0 Å². The molecule has 1 aromatic heterocycles. The number of nitrogens with zero attached hydrogens (tertiary/aromatic N) is 2. The van der Waals surface area contributed by atoms with Crippen LogP contribution in [0.1, 0.15) is 6.42 Å². The third-order valence-corrected chi connectivity index (χ3v) is 2.34. The highest BCUT2D eigenvalue weighted by Crippen LogP contribution is 2.05. The lowest BCUT2D eigenvalue weighted by Gasteiger charge is -2.06. The Labute approximate surface area is 109 Å². The Kier molecular flexibility index (Phi) is 5.68. The maximum Gasteiger partial charge on any atom is 0.285 e. The Hall–Kier alpha value is -2.22. The topological polar surface area (TPSA) is 103 Å². The summed E-state index contributed by atoms with van der Waals surface area (Å²) in [6.45, 7) is 0.709. The summed E-state index contributed by atoms with van der Waals surface area (Å²) in [6, 6.07) is 2.17. The second-order valence-electron chi connectivity index (χ2n) is 3.81. The zero-order valence-corrected chi connectivity index (χ0v) is 10.5. The predicted molar refractivity (Wildman–Crippen MR) is 66.9 cm³/mol. The van der Waals surface area contributed by atoms with Crippen molar-refractivity contribution in [1.82, 2.24) is 9.88 Å². The fourth-order valence-corrected chi connectivity index (χ4v) is 1.41. The van der Waals surface area contributed by atoms with Gasteiger partial charge in [0.1, 0.15) is 6.54 Å². The van der Waals surface area contributed by atoms with Gasteiger partial charge >= 0.3 is 0 Å². The number of hydrogen-bond donors (Lipinski definition) is 1. The third-order valence-electron chi connectivity index (χ3n) is 2.34. The molecule has 1 aromatic rings. The highest BCUT2D eigenvalue weighted by molar-refractivity contribution is 5.75. The van der Waals surface area contributed by atoms with Gasteiger partial charge in [-0.15, -0.1) is 0 Å². The molecule has 0 aliphatic carbocycles. The van der Waals surface area contributed by atoms with Gasteiger partial charge in [0.05, 0.1) is 11.1 Å². The minimum Gasteiger partial charge on any atom is -0.385 e. The molecule has 1 N–H and O–H groups in total. The molecule has 0 spiro atoms. The molecule has 8 heteroatoms. The Morgan fingerprint density at radius 2 is 2.26 bits per heavy atom. The normalized spacial score (nSPS) is 10.2. The van der Waals surface area contributed by atoms with Gasteiger partial charge in [-0.05, 0) is 6.42 Å². The molecule has 0 aromatic carbocycles. The van der Waals surface area contributed by atoms with Gasteiger partial charge in [-0.1, -0.05) is 0 Å². The smallest absolute Gasteiger partial charge is 0.285 e. The number of methoxy groups -OCH3 is 1. The van der Waals surface area contributed by atoms with Crippen molar-refractivity contribution in [2.45, 2.75) is 13.0 Å². The minimum absolute atomic E-state index is 0.230. The summed E-state index contributed by atoms with van der Waals surface area (Å²) in [6.07, 6.45) is 1.71. The van der Waals surface area contributed by atoms with Crippen molar-refractivity contribution in [3.05, 3.63) is 38.8 Å². The third kappa shape index (κ3) is 4.88. The summed E-state index contributed by atoms with van der Waals surface area (Å²) >= 11 is 0. The van der Waals surface area contributed by atoms with Crippen molar-refractivity contribution in [3.63, 3.8) is 0 Å². The van der Waals surface area contributed by atoms with E-state index in [2.05, 4.69) is 5.32 Å². The largest absolute Gasteiger partial charge is 0.385 e. The lowest BCUT2D eigenvalue weighted by atomic mass is 10.4. The van der Waals surface area contributed by atoms with Gasteiger partial charge < -0.3 is 10.1 Å². The molecule has 0 bridgehead atoms. The van der Waals surface area contributed by atoms with Crippen molar-refractivity contribution >= 4 is 11.6 Å². The van der Waals surface area contributed by atoms with Crippen LogP contribution in [-0.4, -0.2) is 35.7 Å². The molecule has 0 aliphatic rings. The van der Waals surface area contributed by atoms with Gasteiger partial charge in [0, 0.05) is 32.4 Å². The number of amides is 1. The van der Waals surface area contributed by atoms with Crippen LogP contribution in [0.3, 0.4) is 0 Å². The Morgan fingerprint density at radius 3 is 2.89 bits per heavy atom. The second-order valence-corrected chi connectivity index (χ2v) is 3.81. The number of nitrogens with one attached hydrogen (secondary N) is 1. The summed E-state index contributed by atoms with van der Waals surface area (Å²) in [5.74, 6) is -0.376. The molecule has 0 saturated heterocycles. The van der Waals surface area contributed by atoms with E-state index in [1.807, 2.05) is 0 Å². The van der Waals surface area contributed by atoms with E-state index < -0.39 is 10.5 Å². The number of hydrogen-bond acceptors (Lipinski definition) is 5. The van der Waals surface area contributed by atoms with Crippen molar-refractivity contribution in [1.29, 1.82) is 0 Å². The van der Waals surface area contributed by atoms with E-state index in [0.29, 0.717) is 19.6 Å². The zero-order valence-electron chi connectivity index (χ0n) is 10.5. The summed E-state index contributed by atoms with van der Waals surface area (Å²) in [5.41, 5.74) is -0.690. The Bertz CT molecular complexity index is 511. The highest BCUT2D eigenvalue weighted by Gasteiger charge is 2.10. The molecule has 0 radical (unpaired) electrons. The van der Waals surface area contributed by atoms with Crippen LogP contribution in [-0.2, 0) is 16.1 Å². The summed E-state index contributed by atoms with van der Waals surface area (Å²) in [4.78, 5) is 32.9. The quantitative estimate of drug-likeness (QED) is 0.423. The Morgan fingerprint density at radius 1 is 1.53 bits per heavy atom. The fraction of sp³-hybridized carbons (Fsp3) is 0.455. The van der Waals surface area contributed by atoms with Crippen molar-refractivity contribution in [2.75, 3.05) is 20.3 Å². The molecule has 0 unspecified atom stereocenters. The molecule has 8 nitrogen and oxygen atoms in total. The first-order valence-electron chi connectivity index (χ1n) is 5.65. The van der Waals surface area contributed by atoms with Crippen LogP contribution in [0.2, 0.25) is 0 Å². The van der Waals surface area contributed by atoms with Crippen LogP contribution in [0, 0.1) is 10.1 Å². The monoisotopic (exact) mass is 269 g/mol. The molecular formula is C11H15N3O5. The maximum absolute atomic E-state index is 11.5. The summed E-state index contributed by atoms with van der Waals surface area (Å²) < 4.78 is 5.83. The van der Waals surface area contributed by atoms with E-state index >= 15 is 0 Å². The van der Waals surface area contributed by atoms with Gasteiger partial charge in [-0.3, -0.25) is 24.3 Å². The van der Waals surface area contributed by atoms with E-state index in [0.717, 1.165) is 22.9 Å². The van der Waals surface area contributed by atoms with Gasteiger partial charge in [0.25, 0.3) is 11.2 Å². The first-order chi connectivity index (χ1) is 9.04. The average Bonchev–Trinajstić information content (AvgIpc) is 2.37. The molecule has 1 heterocycles. The Balaban J connectivity index is 2.61. The van der Waals surface area contributed by atoms with Gasteiger partial charge in [0.15, 0.2) is 0 Å². The van der Waals surface area contributed by atoms with Crippen molar-refractivity contribution in [3.8, 4) is 0 Å². The number of aromatic nitrogens is 1. The number of nitro groups is 1. The minimum atomic E-state index is -0.619. The molecule has 0 atom stereocenters. The number of carbonyl (C=O) groups excluding carboxylic acids is 1.